The van der Waals surface area contributed by atoms with E-state index < -0.39 is 11.5 Å². The lowest BCUT2D eigenvalue weighted by atomic mass is 9.95. The summed E-state index contributed by atoms with van der Waals surface area (Å²) in [4.78, 5) is 15.2. The summed E-state index contributed by atoms with van der Waals surface area (Å²) < 4.78 is 5.22. The molecule has 1 heterocycles. The first kappa shape index (κ1) is 11.2. The Morgan fingerprint density at radius 1 is 1.38 bits per heavy atom. The Morgan fingerprint density at radius 2 is 2.06 bits per heavy atom. The number of nitrogens with zero attached hydrogens (tertiary/aromatic N) is 1. The zero-order valence-electron chi connectivity index (χ0n) is 8.33. The van der Waals surface area contributed by atoms with Crippen LogP contribution in [0.5, 0.6) is 0 Å². The second-order valence-corrected chi connectivity index (χ2v) is 4.33. The van der Waals surface area contributed by atoms with Gasteiger partial charge in [0.1, 0.15) is 0 Å². The van der Waals surface area contributed by atoms with Crippen LogP contribution in [-0.2, 0) is 15.1 Å². The topological polar surface area (TPSA) is 64.7 Å². The van der Waals surface area contributed by atoms with Crippen molar-refractivity contribution >= 4 is 35.1 Å². The third kappa shape index (κ3) is 1.64. The van der Waals surface area contributed by atoms with E-state index in [0.717, 1.165) is 0 Å². The average molecular weight is 259 g/mol. The van der Waals surface area contributed by atoms with Crippen LogP contribution in [0, 0.1) is 0 Å². The predicted molar refractivity (Wildman–Crippen MR) is 61.5 cm³/mol. The van der Waals surface area contributed by atoms with Crippen molar-refractivity contribution in [2.24, 2.45) is 10.7 Å². The van der Waals surface area contributed by atoms with E-state index in [4.69, 9.17) is 33.7 Å². The van der Waals surface area contributed by atoms with Crippen LogP contribution in [0.25, 0.3) is 0 Å². The van der Waals surface area contributed by atoms with E-state index in [0.29, 0.717) is 15.6 Å². The van der Waals surface area contributed by atoms with Gasteiger partial charge in [0, 0.05) is 5.56 Å². The Morgan fingerprint density at radius 3 is 2.56 bits per heavy atom. The average Bonchev–Trinajstić information content (AvgIpc) is 2.46. The molecule has 1 unspecified atom stereocenters. The molecule has 0 saturated carbocycles. The molecule has 0 radical (unpaired) electrons. The lowest BCUT2D eigenvalue weighted by Crippen LogP contribution is -2.31. The number of ether oxygens (including phenoxy) is 1. The van der Waals surface area contributed by atoms with Gasteiger partial charge in [-0.1, -0.05) is 29.3 Å². The molecule has 1 aromatic carbocycles. The second-order valence-electron chi connectivity index (χ2n) is 3.52. The number of rotatable bonds is 1. The lowest BCUT2D eigenvalue weighted by molar-refractivity contribution is -0.130. The molecular formula is C10H8Cl2N2O2. The minimum Gasteiger partial charge on any atom is -0.444 e. The first-order valence-electron chi connectivity index (χ1n) is 4.46. The van der Waals surface area contributed by atoms with E-state index >= 15 is 0 Å². The lowest BCUT2D eigenvalue weighted by Gasteiger charge is -2.21. The molecule has 2 N–H and O–H groups in total. The van der Waals surface area contributed by atoms with Gasteiger partial charge in [0.2, 0.25) is 5.60 Å². The number of amidine groups is 1. The third-order valence-electron chi connectivity index (χ3n) is 2.40. The van der Waals surface area contributed by atoms with E-state index in [1.807, 2.05) is 0 Å². The van der Waals surface area contributed by atoms with Crippen molar-refractivity contribution in [2.45, 2.75) is 12.5 Å². The number of halogens is 2. The van der Waals surface area contributed by atoms with Gasteiger partial charge in [-0.05, 0) is 19.1 Å². The Hall–Kier alpha value is -1.26. The molecule has 6 heteroatoms. The van der Waals surface area contributed by atoms with Crippen LogP contribution in [0.3, 0.4) is 0 Å². The third-order valence-corrected chi connectivity index (χ3v) is 3.14. The number of nitrogens with two attached hydrogens (primary N) is 1. The first-order valence-corrected chi connectivity index (χ1v) is 5.22. The second kappa shape index (κ2) is 3.64. The largest absolute Gasteiger partial charge is 0.444 e. The zero-order chi connectivity index (χ0) is 11.9. The van der Waals surface area contributed by atoms with Crippen molar-refractivity contribution in [3.63, 3.8) is 0 Å². The maximum Gasteiger partial charge on any atom is 0.298 e. The summed E-state index contributed by atoms with van der Waals surface area (Å²) in [7, 11) is 0. The van der Waals surface area contributed by atoms with Crippen molar-refractivity contribution in [3.05, 3.63) is 33.8 Å². The molecule has 0 aliphatic carbocycles. The SMILES string of the molecule is CC1(c2ccc(Cl)c(Cl)c2)OC(N)=NC1=O. The molecule has 0 aromatic heterocycles. The number of hydrogen-bond donors (Lipinski definition) is 1. The molecule has 1 amide bonds. The molecule has 16 heavy (non-hydrogen) atoms. The summed E-state index contributed by atoms with van der Waals surface area (Å²) in [5.74, 6) is -0.455. The van der Waals surface area contributed by atoms with Crippen molar-refractivity contribution in [2.75, 3.05) is 0 Å². The van der Waals surface area contributed by atoms with Gasteiger partial charge in [-0.25, -0.2) is 0 Å². The van der Waals surface area contributed by atoms with Crippen LogP contribution in [0.4, 0.5) is 0 Å². The fourth-order valence-corrected chi connectivity index (χ4v) is 1.76. The number of aliphatic imine (C=N–C) groups is 1. The molecule has 1 aliphatic heterocycles. The number of benzene rings is 1. The zero-order valence-corrected chi connectivity index (χ0v) is 9.84. The van der Waals surface area contributed by atoms with Gasteiger partial charge in [0.05, 0.1) is 10.0 Å². The summed E-state index contributed by atoms with van der Waals surface area (Å²) >= 11 is 11.7. The van der Waals surface area contributed by atoms with Crippen LogP contribution >= 0.6 is 23.2 Å². The number of hydrogen-bond acceptors (Lipinski definition) is 3. The number of amides is 1. The van der Waals surface area contributed by atoms with Gasteiger partial charge in [-0.3, -0.25) is 4.79 Å². The van der Waals surface area contributed by atoms with Crippen LogP contribution in [-0.4, -0.2) is 11.9 Å². The maximum atomic E-state index is 11.6. The van der Waals surface area contributed by atoms with Gasteiger partial charge in [-0.15, -0.1) is 0 Å². The van der Waals surface area contributed by atoms with E-state index in [1.54, 1.807) is 25.1 Å². The van der Waals surface area contributed by atoms with Gasteiger partial charge >= 0.3 is 0 Å². The van der Waals surface area contributed by atoms with Crippen LogP contribution in [0.15, 0.2) is 23.2 Å². The highest BCUT2D eigenvalue weighted by Crippen LogP contribution is 2.34. The van der Waals surface area contributed by atoms with Crippen LogP contribution in [0.1, 0.15) is 12.5 Å². The van der Waals surface area contributed by atoms with E-state index in [2.05, 4.69) is 4.99 Å². The number of carbonyl (C=O) groups excluding carboxylic acids is 1. The molecule has 4 nitrogen and oxygen atoms in total. The molecule has 0 spiro atoms. The number of carbonyl (C=O) groups is 1. The summed E-state index contributed by atoms with van der Waals surface area (Å²) in [6.07, 6.45) is 0. The van der Waals surface area contributed by atoms with Gasteiger partial charge in [0.15, 0.2) is 0 Å². The Balaban J connectivity index is 2.45. The molecule has 1 atom stereocenters. The molecule has 2 rings (SSSR count). The molecule has 1 aromatic rings. The van der Waals surface area contributed by atoms with Crippen molar-refractivity contribution in [1.82, 2.24) is 0 Å². The van der Waals surface area contributed by atoms with Crippen molar-refractivity contribution < 1.29 is 9.53 Å². The smallest absolute Gasteiger partial charge is 0.298 e. The highest BCUT2D eigenvalue weighted by Gasteiger charge is 2.43. The van der Waals surface area contributed by atoms with E-state index in [-0.39, 0.29) is 6.02 Å². The summed E-state index contributed by atoms with van der Waals surface area (Å²) in [6, 6.07) is 4.67. The molecule has 1 aliphatic rings. The van der Waals surface area contributed by atoms with Gasteiger partial charge in [-0.2, -0.15) is 4.99 Å². The minimum atomic E-state index is -1.21. The molecular weight excluding hydrogens is 251 g/mol. The molecule has 84 valence electrons. The molecule has 0 bridgehead atoms. The normalized spacial score (nSPS) is 24.2. The fraction of sp³-hybridized carbons (Fsp3) is 0.200. The predicted octanol–water partition coefficient (Wildman–Crippen LogP) is 2.08. The Kier molecular flexibility index (Phi) is 2.56. The van der Waals surface area contributed by atoms with Crippen molar-refractivity contribution in [1.29, 1.82) is 0 Å². The Bertz CT molecular complexity index is 502. The highest BCUT2D eigenvalue weighted by molar-refractivity contribution is 6.42. The summed E-state index contributed by atoms with van der Waals surface area (Å²) in [5.41, 5.74) is 4.71. The first-order chi connectivity index (χ1) is 7.43. The van der Waals surface area contributed by atoms with Crippen LogP contribution in [0.2, 0.25) is 10.0 Å². The summed E-state index contributed by atoms with van der Waals surface area (Å²) in [5, 5.41) is 0.760. The standard InChI is InChI=1S/C10H8Cl2N2O2/c1-10(8(15)14-9(13)16-10)5-2-3-6(11)7(12)4-5/h2-4H,1H3,(H2,13,14,15). The highest BCUT2D eigenvalue weighted by atomic mass is 35.5. The quantitative estimate of drug-likeness (QED) is 0.839. The van der Waals surface area contributed by atoms with E-state index in [9.17, 15) is 4.79 Å². The maximum absolute atomic E-state index is 11.6. The Labute approximate surface area is 102 Å². The van der Waals surface area contributed by atoms with E-state index in [1.165, 1.54) is 0 Å². The summed E-state index contributed by atoms with van der Waals surface area (Å²) in [6.45, 7) is 1.58. The molecule has 0 saturated heterocycles. The monoisotopic (exact) mass is 258 g/mol. The van der Waals surface area contributed by atoms with Crippen molar-refractivity contribution in [3.8, 4) is 0 Å². The van der Waals surface area contributed by atoms with Gasteiger partial charge < -0.3 is 10.5 Å². The fourth-order valence-electron chi connectivity index (χ4n) is 1.46. The molecule has 0 fully saturated rings. The minimum absolute atomic E-state index is 0.140. The van der Waals surface area contributed by atoms with Crippen LogP contribution < -0.4 is 5.73 Å². The van der Waals surface area contributed by atoms with Gasteiger partial charge in [0.25, 0.3) is 11.9 Å².